The molecule has 3 rings (SSSR count). The molecule has 1 unspecified atom stereocenters. The Morgan fingerprint density at radius 3 is 2.90 bits per heavy atom. The van der Waals surface area contributed by atoms with Gasteiger partial charge < -0.3 is 5.32 Å². The molecule has 2 aliphatic rings. The van der Waals surface area contributed by atoms with Gasteiger partial charge in [0.05, 0.1) is 0 Å². The van der Waals surface area contributed by atoms with Gasteiger partial charge in [-0.1, -0.05) is 26.2 Å². The van der Waals surface area contributed by atoms with E-state index in [9.17, 15) is 0 Å². The van der Waals surface area contributed by atoms with E-state index >= 15 is 0 Å². The van der Waals surface area contributed by atoms with Crippen LogP contribution < -0.4 is 5.32 Å². The molecular weight excluding hydrogens is 262 g/mol. The largest absolute Gasteiger partial charge is 0.309 e. The standard InChI is InChI=1S/C18H29NS/c1-2-12-19-16(11-10-14-8-9-14)18-13-15-6-4-3-5-7-17(15)20-18/h13-14,16,19H,2-12H2,1H3. The van der Waals surface area contributed by atoms with Crippen LogP contribution in [0, 0.1) is 5.92 Å². The maximum atomic E-state index is 3.80. The molecule has 1 nitrogen and oxygen atoms in total. The van der Waals surface area contributed by atoms with Gasteiger partial charge in [0.1, 0.15) is 0 Å². The third kappa shape index (κ3) is 3.85. The van der Waals surface area contributed by atoms with Crippen LogP contribution in [0.3, 0.4) is 0 Å². The topological polar surface area (TPSA) is 12.0 Å². The minimum Gasteiger partial charge on any atom is -0.309 e. The van der Waals surface area contributed by atoms with Crippen molar-refractivity contribution in [1.29, 1.82) is 0 Å². The molecular formula is C18H29NS. The van der Waals surface area contributed by atoms with Gasteiger partial charge >= 0.3 is 0 Å². The first-order valence-corrected chi connectivity index (χ1v) is 9.53. The summed E-state index contributed by atoms with van der Waals surface area (Å²) in [5.74, 6) is 1.05. The van der Waals surface area contributed by atoms with E-state index in [2.05, 4.69) is 29.6 Å². The average Bonchev–Trinajstić information content (AvgIpc) is 3.24. The van der Waals surface area contributed by atoms with Crippen molar-refractivity contribution in [2.45, 2.75) is 77.2 Å². The highest BCUT2D eigenvalue weighted by atomic mass is 32.1. The summed E-state index contributed by atoms with van der Waals surface area (Å²) < 4.78 is 0. The van der Waals surface area contributed by atoms with E-state index in [0.717, 1.165) is 12.5 Å². The maximum Gasteiger partial charge on any atom is 0.0415 e. The molecule has 1 aromatic rings. The van der Waals surface area contributed by atoms with E-state index in [4.69, 9.17) is 0 Å². The van der Waals surface area contributed by atoms with Gasteiger partial charge in [-0.2, -0.15) is 0 Å². The van der Waals surface area contributed by atoms with Crippen LogP contribution in [0.25, 0.3) is 0 Å². The van der Waals surface area contributed by atoms with Gasteiger partial charge in [0.15, 0.2) is 0 Å². The monoisotopic (exact) mass is 291 g/mol. The smallest absolute Gasteiger partial charge is 0.0415 e. The zero-order valence-corrected chi connectivity index (χ0v) is 13.7. The molecule has 0 aromatic carbocycles. The third-order valence-electron chi connectivity index (χ3n) is 4.81. The molecule has 2 aliphatic carbocycles. The van der Waals surface area contributed by atoms with Gasteiger partial charge in [-0.05, 0) is 69.0 Å². The molecule has 0 amide bonds. The number of thiophene rings is 1. The average molecular weight is 292 g/mol. The number of hydrogen-bond donors (Lipinski definition) is 1. The van der Waals surface area contributed by atoms with Gasteiger partial charge in [-0.3, -0.25) is 0 Å². The lowest BCUT2D eigenvalue weighted by atomic mass is 10.0. The van der Waals surface area contributed by atoms with Crippen LogP contribution >= 0.6 is 11.3 Å². The summed E-state index contributed by atoms with van der Waals surface area (Å²) in [5.41, 5.74) is 1.68. The van der Waals surface area contributed by atoms with E-state index in [1.165, 1.54) is 64.2 Å². The van der Waals surface area contributed by atoms with Crippen LogP contribution in [0.5, 0.6) is 0 Å². The number of rotatable bonds is 7. The van der Waals surface area contributed by atoms with Gasteiger partial charge in [0.25, 0.3) is 0 Å². The zero-order valence-electron chi connectivity index (χ0n) is 12.9. The minimum atomic E-state index is 0.632. The van der Waals surface area contributed by atoms with Crippen LogP contribution in [0.15, 0.2) is 6.07 Å². The number of hydrogen-bond acceptors (Lipinski definition) is 2. The predicted octanol–water partition coefficient (Wildman–Crippen LogP) is 5.25. The number of aryl methyl sites for hydroxylation is 2. The van der Waals surface area contributed by atoms with Crippen molar-refractivity contribution in [3.05, 3.63) is 21.4 Å². The molecule has 1 atom stereocenters. The number of fused-ring (bicyclic) bond motifs is 1. The zero-order chi connectivity index (χ0) is 13.8. The summed E-state index contributed by atoms with van der Waals surface area (Å²) in [6, 6.07) is 3.18. The van der Waals surface area contributed by atoms with E-state index in [1.807, 2.05) is 0 Å². The predicted molar refractivity (Wildman–Crippen MR) is 88.6 cm³/mol. The van der Waals surface area contributed by atoms with Gasteiger partial charge in [-0.15, -0.1) is 11.3 Å². The van der Waals surface area contributed by atoms with E-state index in [-0.39, 0.29) is 0 Å². The molecule has 0 aliphatic heterocycles. The fourth-order valence-electron chi connectivity index (χ4n) is 3.33. The first kappa shape index (κ1) is 14.6. The van der Waals surface area contributed by atoms with E-state index in [0.29, 0.717) is 6.04 Å². The van der Waals surface area contributed by atoms with E-state index in [1.54, 1.807) is 15.3 Å². The van der Waals surface area contributed by atoms with Crippen molar-refractivity contribution in [1.82, 2.24) is 5.32 Å². The molecule has 0 radical (unpaired) electrons. The molecule has 1 aromatic heterocycles. The van der Waals surface area contributed by atoms with Crippen LogP contribution in [-0.2, 0) is 12.8 Å². The summed E-state index contributed by atoms with van der Waals surface area (Å²) in [6.45, 7) is 3.44. The molecule has 1 N–H and O–H groups in total. The van der Waals surface area contributed by atoms with Crippen LogP contribution in [0.4, 0.5) is 0 Å². The van der Waals surface area contributed by atoms with Crippen molar-refractivity contribution in [3.8, 4) is 0 Å². The lowest BCUT2D eigenvalue weighted by molar-refractivity contribution is 0.475. The Morgan fingerprint density at radius 2 is 2.10 bits per heavy atom. The van der Waals surface area contributed by atoms with Gasteiger partial charge in [-0.25, -0.2) is 0 Å². The Balaban J connectivity index is 1.67. The Bertz CT molecular complexity index is 396. The molecule has 2 heteroatoms. The number of nitrogens with one attached hydrogen (secondary N) is 1. The second kappa shape index (κ2) is 7.09. The summed E-state index contributed by atoms with van der Waals surface area (Å²) in [4.78, 5) is 3.33. The second-order valence-corrected chi connectivity index (χ2v) is 7.85. The molecule has 20 heavy (non-hydrogen) atoms. The Hall–Kier alpha value is -0.340. The van der Waals surface area contributed by atoms with Crippen molar-refractivity contribution < 1.29 is 0 Å². The fourth-order valence-corrected chi connectivity index (χ4v) is 4.70. The fraction of sp³-hybridized carbons (Fsp3) is 0.778. The highest BCUT2D eigenvalue weighted by Gasteiger charge is 2.24. The third-order valence-corrected chi connectivity index (χ3v) is 6.16. The molecule has 1 fully saturated rings. The van der Waals surface area contributed by atoms with Crippen LogP contribution in [0.2, 0.25) is 0 Å². The second-order valence-electron chi connectivity index (χ2n) is 6.69. The molecule has 112 valence electrons. The molecule has 1 heterocycles. The molecule has 0 spiro atoms. The maximum absolute atomic E-state index is 3.80. The Labute approximate surface area is 128 Å². The van der Waals surface area contributed by atoms with Gasteiger partial charge in [0.2, 0.25) is 0 Å². The van der Waals surface area contributed by atoms with Crippen molar-refractivity contribution in [2.75, 3.05) is 6.54 Å². The first-order valence-electron chi connectivity index (χ1n) is 8.71. The highest BCUT2D eigenvalue weighted by Crippen LogP contribution is 2.38. The first-order chi connectivity index (χ1) is 9.86. The van der Waals surface area contributed by atoms with Crippen molar-refractivity contribution in [2.24, 2.45) is 5.92 Å². The van der Waals surface area contributed by atoms with Crippen LogP contribution in [0.1, 0.15) is 79.6 Å². The summed E-state index contributed by atoms with van der Waals surface area (Å²) in [6.07, 6.45) is 13.9. The Kier molecular flexibility index (Phi) is 5.17. The molecule has 0 saturated heterocycles. The van der Waals surface area contributed by atoms with Crippen molar-refractivity contribution >= 4 is 11.3 Å². The minimum absolute atomic E-state index is 0.632. The van der Waals surface area contributed by atoms with Gasteiger partial charge in [0, 0.05) is 15.8 Å². The van der Waals surface area contributed by atoms with Crippen LogP contribution in [-0.4, -0.2) is 6.54 Å². The van der Waals surface area contributed by atoms with E-state index < -0.39 is 0 Å². The summed E-state index contributed by atoms with van der Waals surface area (Å²) in [5, 5.41) is 3.80. The normalized spacial score (nSPS) is 20.4. The lowest BCUT2D eigenvalue weighted by Gasteiger charge is -2.17. The lowest BCUT2D eigenvalue weighted by Crippen LogP contribution is -2.21. The summed E-state index contributed by atoms with van der Waals surface area (Å²) in [7, 11) is 0. The SMILES string of the molecule is CCCNC(CCC1CC1)c1cc2c(s1)CCCCC2. The summed E-state index contributed by atoms with van der Waals surface area (Å²) >= 11 is 2.12. The molecule has 1 saturated carbocycles. The van der Waals surface area contributed by atoms with Crippen molar-refractivity contribution in [3.63, 3.8) is 0 Å². The Morgan fingerprint density at radius 1 is 1.25 bits per heavy atom. The highest BCUT2D eigenvalue weighted by molar-refractivity contribution is 7.12. The molecule has 0 bridgehead atoms. The quantitative estimate of drug-likeness (QED) is 0.677.